The molecule has 0 fully saturated rings. The minimum Gasteiger partial charge on any atom is -0.493 e. The minimum absolute atomic E-state index is 0.0240. The predicted molar refractivity (Wildman–Crippen MR) is 61.5 cm³/mol. The first-order chi connectivity index (χ1) is 7.99. The summed E-state index contributed by atoms with van der Waals surface area (Å²) in [7, 11) is 1.33. The van der Waals surface area contributed by atoms with Crippen molar-refractivity contribution in [2.75, 3.05) is 7.11 Å². The topological polar surface area (TPSA) is 72.5 Å². The molecule has 1 unspecified atom stereocenters. The second-order valence-electron chi connectivity index (χ2n) is 3.76. The van der Waals surface area contributed by atoms with E-state index in [1.807, 2.05) is 6.92 Å². The lowest BCUT2D eigenvalue weighted by Gasteiger charge is -2.16. The molecule has 0 aliphatic carbocycles. The standard InChI is InChI=1S/C12H16FNO3/c1-3-7-4-8(10(14)6-11(15)16)12(17-2)9(13)5-7/h4-5,10H,3,6,14H2,1-2H3,(H,15,16). The molecule has 0 saturated carbocycles. The van der Waals surface area contributed by atoms with E-state index in [0.717, 1.165) is 5.56 Å². The van der Waals surface area contributed by atoms with Crippen LogP contribution in [0.25, 0.3) is 0 Å². The van der Waals surface area contributed by atoms with E-state index in [0.29, 0.717) is 12.0 Å². The summed E-state index contributed by atoms with van der Waals surface area (Å²) in [6, 6.07) is 2.29. The summed E-state index contributed by atoms with van der Waals surface area (Å²) in [5.74, 6) is -1.51. The lowest BCUT2D eigenvalue weighted by atomic mass is 9.99. The van der Waals surface area contributed by atoms with Gasteiger partial charge < -0.3 is 15.6 Å². The van der Waals surface area contributed by atoms with Crippen LogP contribution >= 0.6 is 0 Å². The molecular weight excluding hydrogens is 225 g/mol. The lowest BCUT2D eigenvalue weighted by molar-refractivity contribution is -0.137. The fraction of sp³-hybridized carbons (Fsp3) is 0.417. The van der Waals surface area contributed by atoms with E-state index >= 15 is 0 Å². The van der Waals surface area contributed by atoms with Crippen molar-refractivity contribution in [3.05, 3.63) is 29.1 Å². The SMILES string of the molecule is CCc1cc(F)c(OC)c(C(N)CC(=O)O)c1. The van der Waals surface area contributed by atoms with Crippen LogP contribution in [0.5, 0.6) is 5.75 Å². The van der Waals surface area contributed by atoms with Crippen LogP contribution < -0.4 is 10.5 Å². The molecule has 3 N–H and O–H groups in total. The highest BCUT2D eigenvalue weighted by Crippen LogP contribution is 2.30. The summed E-state index contributed by atoms with van der Waals surface area (Å²) in [6.45, 7) is 1.88. The number of nitrogens with two attached hydrogens (primary N) is 1. The van der Waals surface area contributed by atoms with Gasteiger partial charge in [0.05, 0.1) is 13.5 Å². The third-order valence-electron chi connectivity index (χ3n) is 2.54. The maximum atomic E-state index is 13.7. The lowest BCUT2D eigenvalue weighted by Crippen LogP contribution is -2.16. The first-order valence-electron chi connectivity index (χ1n) is 5.33. The van der Waals surface area contributed by atoms with Crippen molar-refractivity contribution in [1.29, 1.82) is 0 Å². The summed E-state index contributed by atoms with van der Waals surface area (Å²) in [5.41, 5.74) is 6.90. The Labute approximate surface area is 99.2 Å². The highest BCUT2D eigenvalue weighted by atomic mass is 19.1. The second kappa shape index (κ2) is 5.63. The molecule has 1 rings (SSSR count). The molecule has 0 aromatic heterocycles. The highest BCUT2D eigenvalue weighted by Gasteiger charge is 2.19. The van der Waals surface area contributed by atoms with Gasteiger partial charge >= 0.3 is 5.97 Å². The zero-order valence-corrected chi connectivity index (χ0v) is 9.87. The zero-order chi connectivity index (χ0) is 13.0. The van der Waals surface area contributed by atoms with E-state index < -0.39 is 17.8 Å². The fourth-order valence-corrected chi connectivity index (χ4v) is 1.67. The van der Waals surface area contributed by atoms with E-state index in [4.69, 9.17) is 15.6 Å². The number of aryl methyl sites for hydroxylation is 1. The number of halogens is 1. The van der Waals surface area contributed by atoms with Gasteiger partial charge in [0.1, 0.15) is 0 Å². The van der Waals surface area contributed by atoms with Crippen molar-refractivity contribution in [3.8, 4) is 5.75 Å². The molecule has 1 aromatic rings. The Balaban J connectivity index is 3.18. The number of aliphatic carboxylic acids is 1. The maximum absolute atomic E-state index is 13.7. The number of carbonyl (C=O) groups is 1. The number of carboxylic acid groups (broad SMARTS) is 1. The molecular formula is C12H16FNO3. The zero-order valence-electron chi connectivity index (χ0n) is 9.87. The van der Waals surface area contributed by atoms with Crippen LogP contribution in [0, 0.1) is 5.82 Å². The van der Waals surface area contributed by atoms with Gasteiger partial charge in [-0.05, 0) is 18.1 Å². The number of hydrogen-bond acceptors (Lipinski definition) is 3. The summed E-state index contributed by atoms with van der Waals surface area (Å²) < 4.78 is 18.6. The molecule has 0 heterocycles. The molecule has 4 nitrogen and oxygen atoms in total. The third kappa shape index (κ3) is 3.17. The fourth-order valence-electron chi connectivity index (χ4n) is 1.67. The first kappa shape index (κ1) is 13.4. The van der Waals surface area contributed by atoms with Gasteiger partial charge in [-0.1, -0.05) is 13.0 Å². The van der Waals surface area contributed by atoms with Gasteiger partial charge in [0, 0.05) is 11.6 Å². The number of carboxylic acids is 1. The summed E-state index contributed by atoms with van der Waals surface area (Å²) in [5, 5.41) is 8.69. The van der Waals surface area contributed by atoms with Gasteiger partial charge in [-0.15, -0.1) is 0 Å². The monoisotopic (exact) mass is 241 g/mol. The molecule has 17 heavy (non-hydrogen) atoms. The van der Waals surface area contributed by atoms with Gasteiger partial charge in [0.15, 0.2) is 11.6 Å². The van der Waals surface area contributed by atoms with E-state index in [1.165, 1.54) is 13.2 Å². The predicted octanol–water partition coefficient (Wildman–Crippen LogP) is 1.87. The largest absolute Gasteiger partial charge is 0.493 e. The Bertz CT molecular complexity index is 420. The normalized spacial score (nSPS) is 12.2. The molecule has 0 bridgehead atoms. The van der Waals surface area contributed by atoms with Crippen LogP contribution in [0.4, 0.5) is 4.39 Å². The van der Waals surface area contributed by atoms with Crippen LogP contribution in [0.1, 0.15) is 30.5 Å². The van der Waals surface area contributed by atoms with Crippen molar-refractivity contribution < 1.29 is 19.0 Å². The van der Waals surface area contributed by atoms with E-state index in [2.05, 4.69) is 0 Å². The van der Waals surface area contributed by atoms with E-state index in [1.54, 1.807) is 6.07 Å². The quantitative estimate of drug-likeness (QED) is 0.825. The molecule has 1 atom stereocenters. The average Bonchev–Trinajstić information content (AvgIpc) is 2.26. The second-order valence-corrected chi connectivity index (χ2v) is 3.76. The Kier molecular flexibility index (Phi) is 4.45. The molecule has 0 aliphatic rings. The van der Waals surface area contributed by atoms with Crippen molar-refractivity contribution >= 4 is 5.97 Å². The Morgan fingerprint density at radius 3 is 2.71 bits per heavy atom. The molecule has 0 aliphatic heterocycles. The third-order valence-corrected chi connectivity index (χ3v) is 2.54. The summed E-state index contributed by atoms with van der Waals surface area (Å²) in [4.78, 5) is 10.6. The summed E-state index contributed by atoms with van der Waals surface area (Å²) >= 11 is 0. The van der Waals surface area contributed by atoms with Crippen molar-refractivity contribution in [3.63, 3.8) is 0 Å². The number of hydrogen-bond donors (Lipinski definition) is 2. The van der Waals surface area contributed by atoms with Crippen LogP contribution in [-0.4, -0.2) is 18.2 Å². The van der Waals surface area contributed by atoms with Crippen LogP contribution in [0.3, 0.4) is 0 Å². The Morgan fingerprint density at radius 2 is 2.24 bits per heavy atom. The number of methoxy groups -OCH3 is 1. The van der Waals surface area contributed by atoms with Crippen LogP contribution in [0.2, 0.25) is 0 Å². The Morgan fingerprint density at radius 1 is 1.59 bits per heavy atom. The van der Waals surface area contributed by atoms with Crippen molar-refractivity contribution in [1.82, 2.24) is 0 Å². The van der Waals surface area contributed by atoms with Gasteiger partial charge in [-0.3, -0.25) is 4.79 Å². The first-order valence-corrected chi connectivity index (χ1v) is 5.33. The average molecular weight is 241 g/mol. The Hall–Kier alpha value is -1.62. The molecule has 0 saturated heterocycles. The van der Waals surface area contributed by atoms with Crippen molar-refractivity contribution in [2.24, 2.45) is 5.73 Å². The molecule has 0 amide bonds. The minimum atomic E-state index is -1.03. The smallest absolute Gasteiger partial charge is 0.305 e. The van der Waals surface area contributed by atoms with Crippen LogP contribution in [0.15, 0.2) is 12.1 Å². The number of benzene rings is 1. The van der Waals surface area contributed by atoms with Gasteiger partial charge in [-0.25, -0.2) is 4.39 Å². The number of ether oxygens (including phenoxy) is 1. The van der Waals surface area contributed by atoms with Gasteiger partial charge in [0.2, 0.25) is 0 Å². The molecule has 0 radical (unpaired) electrons. The van der Waals surface area contributed by atoms with Gasteiger partial charge in [-0.2, -0.15) is 0 Å². The van der Waals surface area contributed by atoms with E-state index in [-0.39, 0.29) is 12.2 Å². The van der Waals surface area contributed by atoms with Crippen LogP contribution in [-0.2, 0) is 11.2 Å². The van der Waals surface area contributed by atoms with E-state index in [9.17, 15) is 9.18 Å². The number of rotatable bonds is 5. The molecule has 94 valence electrons. The summed E-state index contributed by atoms with van der Waals surface area (Å²) in [6.07, 6.45) is 0.386. The van der Waals surface area contributed by atoms with Crippen molar-refractivity contribution in [2.45, 2.75) is 25.8 Å². The highest BCUT2D eigenvalue weighted by molar-refractivity contribution is 5.68. The maximum Gasteiger partial charge on any atom is 0.305 e. The molecule has 1 aromatic carbocycles. The molecule has 5 heteroatoms. The molecule has 0 spiro atoms. The van der Waals surface area contributed by atoms with Gasteiger partial charge in [0.25, 0.3) is 0 Å².